The summed E-state index contributed by atoms with van der Waals surface area (Å²) in [6.07, 6.45) is 3.72. The fourth-order valence-electron chi connectivity index (χ4n) is 3.91. The summed E-state index contributed by atoms with van der Waals surface area (Å²) in [4.78, 5) is 1.26. The number of rotatable bonds is 4. The lowest BCUT2D eigenvalue weighted by molar-refractivity contribution is 0.116. The molecule has 2 aromatic heterocycles. The molecule has 0 radical (unpaired) electrons. The predicted molar refractivity (Wildman–Crippen MR) is 111 cm³/mol. The van der Waals surface area contributed by atoms with Crippen LogP contribution in [0.4, 0.5) is 5.82 Å². The summed E-state index contributed by atoms with van der Waals surface area (Å²) < 4.78 is 6.95. The maximum absolute atomic E-state index is 10.2. The minimum absolute atomic E-state index is 0.0537. The monoisotopic (exact) mass is 383 g/mol. The molecule has 142 valence electrons. The molecule has 2 heterocycles. The number of anilines is 1. The Morgan fingerprint density at radius 1 is 1.15 bits per heavy atom. The van der Waals surface area contributed by atoms with E-state index in [0.29, 0.717) is 5.82 Å². The van der Waals surface area contributed by atoms with Gasteiger partial charge < -0.3 is 15.2 Å². The summed E-state index contributed by atoms with van der Waals surface area (Å²) in [5.41, 5.74) is 2.81. The van der Waals surface area contributed by atoms with E-state index in [0.717, 1.165) is 53.6 Å². The average molecular weight is 384 g/mol. The number of aliphatic hydroxyl groups is 1. The highest BCUT2D eigenvalue weighted by molar-refractivity contribution is 7.19. The fourth-order valence-corrected chi connectivity index (χ4v) is 4.83. The molecule has 1 fully saturated rings. The van der Waals surface area contributed by atoms with Gasteiger partial charge in [-0.3, -0.25) is 0 Å². The van der Waals surface area contributed by atoms with Crippen LogP contribution in [0.25, 0.3) is 21.3 Å². The van der Waals surface area contributed by atoms with Crippen LogP contribution in [0.2, 0.25) is 0 Å². The Balaban J connectivity index is 1.67. The van der Waals surface area contributed by atoms with Gasteiger partial charge in [0.25, 0.3) is 0 Å². The molecule has 1 aliphatic carbocycles. The Morgan fingerprint density at radius 3 is 2.70 bits per heavy atom. The molecule has 0 amide bonds. The highest BCUT2D eigenvalue weighted by atomic mass is 32.1. The maximum Gasteiger partial charge on any atom is 0.149 e. The number of nitrogens with zero attached hydrogens (tertiary/aromatic N) is 2. The minimum Gasteiger partial charge on any atom is -0.495 e. The molecule has 0 aliphatic heterocycles. The second-order valence-electron chi connectivity index (χ2n) is 7.28. The van der Waals surface area contributed by atoms with Crippen molar-refractivity contribution in [2.75, 3.05) is 12.4 Å². The van der Waals surface area contributed by atoms with E-state index in [1.54, 1.807) is 18.4 Å². The fraction of sp³-hybridized carbons (Fsp3) is 0.429. The van der Waals surface area contributed by atoms with Crippen LogP contribution in [0.5, 0.6) is 5.75 Å². The van der Waals surface area contributed by atoms with Crippen molar-refractivity contribution in [3.63, 3.8) is 0 Å². The van der Waals surface area contributed by atoms with E-state index >= 15 is 0 Å². The number of hydrogen-bond donors (Lipinski definition) is 2. The van der Waals surface area contributed by atoms with Gasteiger partial charge >= 0.3 is 0 Å². The van der Waals surface area contributed by atoms with Gasteiger partial charge in [-0.25, -0.2) is 0 Å². The van der Waals surface area contributed by atoms with Crippen LogP contribution in [0, 0.1) is 13.8 Å². The highest BCUT2D eigenvalue weighted by Crippen LogP contribution is 2.40. The van der Waals surface area contributed by atoms with E-state index in [4.69, 9.17) is 4.74 Å². The average Bonchev–Trinajstić information content (AvgIpc) is 3.03. The first-order valence-corrected chi connectivity index (χ1v) is 10.2. The van der Waals surface area contributed by atoms with Crippen LogP contribution < -0.4 is 10.1 Å². The van der Waals surface area contributed by atoms with Crippen LogP contribution in [0.3, 0.4) is 0 Å². The summed E-state index contributed by atoms with van der Waals surface area (Å²) in [5, 5.41) is 23.5. The number of hydrogen-bond acceptors (Lipinski definition) is 6. The van der Waals surface area contributed by atoms with Crippen molar-refractivity contribution in [3.05, 3.63) is 34.7 Å². The van der Waals surface area contributed by atoms with Crippen LogP contribution in [-0.2, 0) is 0 Å². The smallest absolute Gasteiger partial charge is 0.149 e. The van der Waals surface area contributed by atoms with E-state index in [9.17, 15) is 5.11 Å². The van der Waals surface area contributed by atoms with Gasteiger partial charge in [0, 0.05) is 20.5 Å². The Kier molecular flexibility index (Phi) is 5.02. The Bertz CT molecular complexity index is 969. The number of aryl methyl sites for hydroxylation is 2. The lowest BCUT2D eigenvalue weighted by Crippen LogP contribution is -2.36. The molecular weight excluding hydrogens is 358 g/mol. The van der Waals surface area contributed by atoms with Gasteiger partial charge in [-0.1, -0.05) is 12.8 Å². The molecule has 0 bridgehead atoms. The molecule has 5 nitrogen and oxygen atoms in total. The van der Waals surface area contributed by atoms with E-state index in [1.807, 2.05) is 13.0 Å². The molecule has 0 spiro atoms. The van der Waals surface area contributed by atoms with Gasteiger partial charge in [0.15, 0.2) is 0 Å². The quantitative estimate of drug-likeness (QED) is 0.684. The topological polar surface area (TPSA) is 67.3 Å². The second kappa shape index (κ2) is 7.44. The summed E-state index contributed by atoms with van der Waals surface area (Å²) in [7, 11) is 1.70. The lowest BCUT2D eigenvalue weighted by atomic mass is 9.92. The van der Waals surface area contributed by atoms with Gasteiger partial charge in [-0.15, -0.1) is 21.5 Å². The van der Waals surface area contributed by atoms with Crippen molar-refractivity contribution >= 4 is 27.2 Å². The Hall–Kier alpha value is -2.18. The van der Waals surface area contributed by atoms with Gasteiger partial charge in [0.2, 0.25) is 0 Å². The number of fused-ring (bicyclic) bond motifs is 1. The van der Waals surface area contributed by atoms with E-state index in [2.05, 4.69) is 40.6 Å². The van der Waals surface area contributed by atoms with E-state index in [-0.39, 0.29) is 12.1 Å². The Labute approximate surface area is 163 Å². The zero-order valence-corrected chi connectivity index (χ0v) is 16.8. The molecule has 0 saturated heterocycles. The normalized spacial score (nSPS) is 20.0. The molecule has 0 unspecified atom stereocenters. The number of ether oxygens (including phenoxy) is 1. The number of benzene rings is 1. The van der Waals surface area contributed by atoms with Crippen LogP contribution in [0.15, 0.2) is 24.3 Å². The minimum atomic E-state index is -0.315. The van der Waals surface area contributed by atoms with Gasteiger partial charge in [0.05, 0.1) is 24.9 Å². The first kappa shape index (κ1) is 18.2. The number of thiophene rings is 1. The Morgan fingerprint density at radius 2 is 1.96 bits per heavy atom. The maximum atomic E-state index is 10.2. The molecule has 4 rings (SSSR count). The van der Waals surface area contributed by atoms with Crippen molar-refractivity contribution < 1.29 is 9.84 Å². The first-order chi connectivity index (χ1) is 13.1. The van der Waals surface area contributed by atoms with Crippen molar-refractivity contribution in [2.24, 2.45) is 0 Å². The summed E-state index contributed by atoms with van der Waals surface area (Å²) in [5.74, 6) is 1.56. The van der Waals surface area contributed by atoms with E-state index in [1.165, 1.54) is 9.58 Å². The number of nitrogens with one attached hydrogen (secondary N) is 1. The van der Waals surface area contributed by atoms with Gasteiger partial charge in [-0.2, -0.15) is 0 Å². The largest absolute Gasteiger partial charge is 0.495 e. The number of aliphatic hydroxyl groups excluding tert-OH is 1. The van der Waals surface area contributed by atoms with Gasteiger partial charge in [0.1, 0.15) is 11.6 Å². The van der Waals surface area contributed by atoms with Crippen molar-refractivity contribution in [3.8, 4) is 17.0 Å². The van der Waals surface area contributed by atoms with Gasteiger partial charge in [-0.05, 0) is 56.5 Å². The second-order valence-corrected chi connectivity index (χ2v) is 8.57. The van der Waals surface area contributed by atoms with Crippen LogP contribution in [-0.4, -0.2) is 34.6 Å². The third kappa shape index (κ3) is 3.51. The molecule has 1 aromatic carbocycles. The van der Waals surface area contributed by atoms with Crippen LogP contribution >= 0.6 is 11.3 Å². The first-order valence-electron chi connectivity index (χ1n) is 9.43. The van der Waals surface area contributed by atoms with Crippen molar-refractivity contribution in [1.82, 2.24) is 10.2 Å². The van der Waals surface area contributed by atoms with Crippen molar-refractivity contribution in [1.29, 1.82) is 0 Å². The molecule has 3 aromatic rings. The SMILES string of the molecule is COc1c(-c2nnc(N[C@@H]3CCCC[C@H]3O)cc2C)ccc2sc(C)cc12. The molecule has 27 heavy (non-hydrogen) atoms. The molecular formula is C21H25N3O2S. The molecule has 1 aliphatic rings. The predicted octanol–water partition coefficient (Wildman–Crippen LogP) is 4.70. The zero-order valence-electron chi connectivity index (χ0n) is 16.0. The molecule has 1 saturated carbocycles. The highest BCUT2D eigenvalue weighted by Gasteiger charge is 2.23. The lowest BCUT2D eigenvalue weighted by Gasteiger charge is -2.28. The standard InChI is InChI=1S/C21H25N3O2S/c1-12-10-19(22-16-6-4-5-7-17(16)25)23-24-20(12)14-8-9-18-15(21(14)26-3)11-13(2)27-18/h8-11,16-17,25H,4-7H2,1-3H3,(H,22,23)/t16-,17-/m1/s1. The third-order valence-electron chi connectivity index (χ3n) is 5.28. The molecule has 2 N–H and O–H groups in total. The zero-order chi connectivity index (χ0) is 19.0. The molecule has 2 atom stereocenters. The summed E-state index contributed by atoms with van der Waals surface area (Å²) >= 11 is 1.76. The summed E-state index contributed by atoms with van der Waals surface area (Å²) in [6.45, 7) is 4.14. The number of methoxy groups -OCH3 is 1. The summed E-state index contributed by atoms with van der Waals surface area (Å²) in [6, 6.07) is 8.40. The van der Waals surface area contributed by atoms with Crippen molar-refractivity contribution in [2.45, 2.75) is 51.7 Å². The number of aromatic nitrogens is 2. The molecule has 6 heteroatoms. The van der Waals surface area contributed by atoms with Crippen LogP contribution in [0.1, 0.15) is 36.1 Å². The van der Waals surface area contributed by atoms with E-state index < -0.39 is 0 Å². The third-order valence-corrected chi connectivity index (χ3v) is 6.30.